The minimum absolute atomic E-state index is 0.381. The summed E-state index contributed by atoms with van der Waals surface area (Å²) in [5, 5.41) is 13.9. The van der Waals surface area contributed by atoms with Crippen LogP contribution in [0.3, 0.4) is 0 Å². The van der Waals surface area contributed by atoms with Crippen LogP contribution in [0.5, 0.6) is 0 Å². The molecular weight excluding hydrogens is 222 g/mol. The summed E-state index contributed by atoms with van der Waals surface area (Å²) in [5.41, 5.74) is -0.381. The van der Waals surface area contributed by atoms with Crippen molar-refractivity contribution in [1.29, 1.82) is 0 Å². The van der Waals surface area contributed by atoms with Crippen LogP contribution in [-0.4, -0.2) is 23.8 Å². The largest absolute Gasteiger partial charge is 0.390 e. The van der Waals surface area contributed by atoms with E-state index in [9.17, 15) is 5.11 Å². The molecule has 2 N–H and O–H groups in total. The van der Waals surface area contributed by atoms with Crippen molar-refractivity contribution >= 4 is 0 Å². The molecule has 2 unspecified atom stereocenters. The van der Waals surface area contributed by atoms with Crippen LogP contribution in [0.15, 0.2) is 0 Å². The Kier molecular flexibility index (Phi) is 7.92. The van der Waals surface area contributed by atoms with E-state index in [0.717, 1.165) is 25.9 Å². The summed E-state index contributed by atoms with van der Waals surface area (Å²) < 4.78 is 0. The maximum absolute atomic E-state index is 10.6. The zero-order valence-corrected chi connectivity index (χ0v) is 12.5. The molecule has 2 nitrogen and oxygen atoms in total. The van der Waals surface area contributed by atoms with Crippen LogP contribution in [0.2, 0.25) is 0 Å². The highest BCUT2D eigenvalue weighted by Crippen LogP contribution is 2.29. The Hall–Kier alpha value is -0.0800. The van der Waals surface area contributed by atoms with Crippen molar-refractivity contribution < 1.29 is 5.11 Å². The second-order valence-electron chi connectivity index (χ2n) is 6.18. The molecule has 0 aromatic heterocycles. The quantitative estimate of drug-likeness (QED) is 0.613. The molecule has 18 heavy (non-hydrogen) atoms. The zero-order valence-electron chi connectivity index (χ0n) is 12.5. The molecule has 0 aromatic rings. The number of aliphatic hydroxyl groups is 1. The first-order valence-corrected chi connectivity index (χ1v) is 8.12. The number of nitrogens with one attached hydrogen (secondary N) is 1. The molecule has 0 bridgehead atoms. The van der Waals surface area contributed by atoms with E-state index in [4.69, 9.17) is 0 Å². The third kappa shape index (κ3) is 5.71. The van der Waals surface area contributed by atoms with Gasteiger partial charge < -0.3 is 10.4 Å². The third-order valence-corrected chi connectivity index (χ3v) is 4.57. The normalized spacial score (nSPS) is 28.5. The monoisotopic (exact) mass is 255 g/mol. The molecule has 1 heterocycles. The van der Waals surface area contributed by atoms with Crippen LogP contribution in [-0.2, 0) is 0 Å². The minimum atomic E-state index is -0.381. The molecule has 0 radical (unpaired) electrons. The van der Waals surface area contributed by atoms with Gasteiger partial charge in [0, 0.05) is 6.54 Å². The van der Waals surface area contributed by atoms with Crippen molar-refractivity contribution in [2.75, 3.05) is 13.1 Å². The maximum Gasteiger partial charge on any atom is 0.0697 e. The number of unbranched alkanes of at least 4 members (excludes halogenated alkanes) is 7. The van der Waals surface area contributed by atoms with E-state index in [2.05, 4.69) is 19.2 Å². The lowest BCUT2D eigenvalue weighted by Crippen LogP contribution is -2.48. The summed E-state index contributed by atoms with van der Waals surface area (Å²) in [7, 11) is 0. The smallest absolute Gasteiger partial charge is 0.0697 e. The van der Waals surface area contributed by atoms with Crippen molar-refractivity contribution in [3.8, 4) is 0 Å². The van der Waals surface area contributed by atoms with Crippen molar-refractivity contribution in [3.63, 3.8) is 0 Å². The van der Waals surface area contributed by atoms with Gasteiger partial charge in [0.05, 0.1) is 5.60 Å². The van der Waals surface area contributed by atoms with Crippen LogP contribution in [0.1, 0.15) is 78.1 Å². The highest BCUT2D eigenvalue weighted by molar-refractivity contribution is 4.89. The lowest BCUT2D eigenvalue weighted by molar-refractivity contribution is -0.0422. The van der Waals surface area contributed by atoms with Crippen LogP contribution in [0, 0.1) is 5.92 Å². The van der Waals surface area contributed by atoms with E-state index in [1.807, 2.05) is 0 Å². The Labute approximate surface area is 114 Å². The minimum Gasteiger partial charge on any atom is -0.390 e. The Morgan fingerprint density at radius 3 is 2.28 bits per heavy atom. The molecule has 0 aromatic carbocycles. The molecule has 0 saturated carbocycles. The molecule has 1 aliphatic heterocycles. The lowest BCUT2D eigenvalue weighted by atomic mass is 9.79. The standard InChI is InChI=1S/C16H33NO/c1-3-4-5-6-7-8-9-10-11-16(18)12-13-17-14-15(16)2/h15,17-18H,3-14H2,1-2H3. The first-order valence-electron chi connectivity index (χ1n) is 8.12. The fraction of sp³-hybridized carbons (Fsp3) is 1.00. The van der Waals surface area contributed by atoms with E-state index in [1.54, 1.807) is 0 Å². The Morgan fingerprint density at radius 2 is 1.67 bits per heavy atom. The molecule has 1 saturated heterocycles. The van der Waals surface area contributed by atoms with Crippen LogP contribution in [0.4, 0.5) is 0 Å². The maximum atomic E-state index is 10.6. The van der Waals surface area contributed by atoms with Crippen LogP contribution < -0.4 is 5.32 Å². The molecule has 0 amide bonds. The van der Waals surface area contributed by atoms with Gasteiger partial charge in [-0.3, -0.25) is 0 Å². The molecule has 1 aliphatic rings. The van der Waals surface area contributed by atoms with Gasteiger partial charge >= 0.3 is 0 Å². The highest BCUT2D eigenvalue weighted by atomic mass is 16.3. The number of rotatable bonds is 9. The van der Waals surface area contributed by atoms with E-state index in [-0.39, 0.29) is 5.60 Å². The molecule has 0 spiro atoms. The second kappa shape index (κ2) is 8.92. The van der Waals surface area contributed by atoms with E-state index in [1.165, 1.54) is 51.4 Å². The fourth-order valence-corrected chi connectivity index (χ4v) is 3.00. The summed E-state index contributed by atoms with van der Waals surface area (Å²) in [6.45, 7) is 6.41. The lowest BCUT2D eigenvalue weighted by Gasteiger charge is -2.38. The predicted molar refractivity (Wildman–Crippen MR) is 78.8 cm³/mol. The van der Waals surface area contributed by atoms with E-state index in [0.29, 0.717) is 5.92 Å². The van der Waals surface area contributed by atoms with Gasteiger partial charge in [0.25, 0.3) is 0 Å². The predicted octanol–water partition coefficient (Wildman–Crippen LogP) is 3.88. The third-order valence-electron chi connectivity index (χ3n) is 4.57. The van der Waals surface area contributed by atoms with Crippen molar-refractivity contribution in [1.82, 2.24) is 5.32 Å². The number of piperidine rings is 1. The van der Waals surface area contributed by atoms with Gasteiger partial charge in [-0.05, 0) is 25.3 Å². The molecule has 1 fully saturated rings. The van der Waals surface area contributed by atoms with E-state index >= 15 is 0 Å². The second-order valence-corrected chi connectivity index (χ2v) is 6.18. The molecule has 108 valence electrons. The molecule has 2 heteroatoms. The Balaban J connectivity index is 1.99. The van der Waals surface area contributed by atoms with Crippen molar-refractivity contribution in [2.45, 2.75) is 83.7 Å². The topological polar surface area (TPSA) is 32.3 Å². The van der Waals surface area contributed by atoms with Crippen LogP contribution >= 0.6 is 0 Å². The molecule has 0 aliphatic carbocycles. The summed E-state index contributed by atoms with van der Waals surface area (Å²) in [6, 6.07) is 0. The first-order chi connectivity index (χ1) is 8.69. The van der Waals surface area contributed by atoms with E-state index < -0.39 is 0 Å². The van der Waals surface area contributed by atoms with Crippen molar-refractivity contribution in [2.24, 2.45) is 5.92 Å². The van der Waals surface area contributed by atoms with Gasteiger partial charge in [0.15, 0.2) is 0 Å². The number of hydrogen-bond acceptors (Lipinski definition) is 2. The summed E-state index contributed by atoms with van der Waals surface area (Å²) in [4.78, 5) is 0. The SMILES string of the molecule is CCCCCCCCCCC1(O)CCNCC1C. The Morgan fingerprint density at radius 1 is 1.06 bits per heavy atom. The zero-order chi connectivity index (χ0) is 13.3. The van der Waals surface area contributed by atoms with Gasteiger partial charge in [0.1, 0.15) is 0 Å². The first kappa shape index (κ1) is 16.0. The number of hydrogen-bond donors (Lipinski definition) is 2. The highest BCUT2D eigenvalue weighted by Gasteiger charge is 2.34. The average molecular weight is 255 g/mol. The fourth-order valence-electron chi connectivity index (χ4n) is 3.00. The van der Waals surface area contributed by atoms with Gasteiger partial charge in [-0.2, -0.15) is 0 Å². The summed E-state index contributed by atoms with van der Waals surface area (Å²) in [6.07, 6.45) is 12.7. The molecule has 2 atom stereocenters. The molecule has 1 rings (SSSR count). The summed E-state index contributed by atoms with van der Waals surface area (Å²) >= 11 is 0. The van der Waals surface area contributed by atoms with Gasteiger partial charge in [-0.25, -0.2) is 0 Å². The van der Waals surface area contributed by atoms with Crippen LogP contribution in [0.25, 0.3) is 0 Å². The Bertz CT molecular complexity index is 207. The van der Waals surface area contributed by atoms with Gasteiger partial charge in [-0.1, -0.05) is 65.2 Å². The van der Waals surface area contributed by atoms with Crippen molar-refractivity contribution in [3.05, 3.63) is 0 Å². The van der Waals surface area contributed by atoms with Gasteiger partial charge in [0.2, 0.25) is 0 Å². The average Bonchev–Trinajstić information content (AvgIpc) is 2.37. The molecular formula is C16H33NO. The summed E-state index contributed by atoms with van der Waals surface area (Å²) in [5.74, 6) is 0.413. The van der Waals surface area contributed by atoms with Gasteiger partial charge in [-0.15, -0.1) is 0 Å².